The number of hydrazone groups is 1. The van der Waals surface area contributed by atoms with Gasteiger partial charge in [-0.3, -0.25) is 4.79 Å². The molecule has 6 nitrogen and oxygen atoms in total. The van der Waals surface area contributed by atoms with Gasteiger partial charge in [0.1, 0.15) is 0 Å². The molecule has 0 radical (unpaired) electrons. The van der Waals surface area contributed by atoms with Gasteiger partial charge in [-0.25, -0.2) is 13.8 Å². The van der Waals surface area contributed by atoms with Crippen LogP contribution in [0.4, 0.5) is 0 Å². The van der Waals surface area contributed by atoms with Crippen molar-refractivity contribution in [2.24, 2.45) is 5.10 Å². The Hall–Kier alpha value is -3.81. The van der Waals surface area contributed by atoms with E-state index in [0.717, 1.165) is 31.8 Å². The van der Waals surface area contributed by atoms with Gasteiger partial charge in [-0.2, -0.15) is 9.41 Å². The summed E-state index contributed by atoms with van der Waals surface area (Å²) in [6.07, 6.45) is 1.57. The highest BCUT2D eigenvalue weighted by molar-refractivity contribution is 7.89. The average Bonchev–Trinajstić information content (AvgIpc) is 2.85. The number of hydrogen-bond acceptors (Lipinski definition) is 4. The van der Waals surface area contributed by atoms with Crippen LogP contribution in [0.15, 0.2) is 107 Å². The summed E-state index contributed by atoms with van der Waals surface area (Å²) in [6.45, 7) is 1.59. The van der Waals surface area contributed by atoms with E-state index in [4.69, 9.17) is 0 Å². The van der Waals surface area contributed by atoms with Crippen molar-refractivity contribution >= 4 is 32.9 Å². The smallest absolute Gasteiger partial charge is 0.255 e. The van der Waals surface area contributed by atoms with Gasteiger partial charge in [-0.05, 0) is 35.4 Å². The van der Waals surface area contributed by atoms with E-state index in [1.165, 1.54) is 0 Å². The third-order valence-electron chi connectivity index (χ3n) is 5.40. The van der Waals surface area contributed by atoms with Crippen molar-refractivity contribution in [3.8, 4) is 0 Å². The molecule has 1 amide bonds. The molecule has 4 rings (SSSR count). The van der Waals surface area contributed by atoms with Crippen molar-refractivity contribution < 1.29 is 13.2 Å². The Morgan fingerprint density at radius 1 is 0.882 bits per heavy atom. The molecule has 34 heavy (non-hydrogen) atoms. The summed E-state index contributed by atoms with van der Waals surface area (Å²) >= 11 is 0. The largest absolute Gasteiger partial charge is 0.272 e. The number of fused-ring (bicyclic) bond motifs is 1. The van der Waals surface area contributed by atoms with Crippen molar-refractivity contribution in [1.82, 2.24) is 9.73 Å². The summed E-state index contributed by atoms with van der Waals surface area (Å²) in [5.41, 5.74) is 5.06. The zero-order chi connectivity index (χ0) is 24.0. The van der Waals surface area contributed by atoms with Gasteiger partial charge in [-0.1, -0.05) is 90.5 Å². The number of amides is 1. The summed E-state index contributed by atoms with van der Waals surface area (Å²) in [5, 5.41) is 6.15. The van der Waals surface area contributed by atoms with Gasteiger partial charge in [-0.15, -0.1) is 0 Å². The minimum atomic E-state index is -3.90. The highest BCUT2D eigenvalue weighted by atomic mass is 32.2. The van der Waals surface area contributed by atoms with Crippen LogP contribution in [-0.4, -0.2) is 31.4 Å². The van der Waals surface area contributed by atoms with Crippen molar-refractivity contribution in [2.75, 3.05) is 6.54 Å². The Kier molecular flexibility index (Phi) is 7.15. The number of rotatable bonds is 8. The Morgan fingerprint density at radius 3 is 2.32 bits per heavy atom. The second-order valence-corrected chi connectivity index (χ2v) is 9.87. The first kappa shape index (κ1) is 23.4. The number of aryl methyl sites for hydroxylation is 1. The van der Waals surface area contributed by atoms with Crippen LogP contribution in [0.5, 0.6) is 0 Å². The first-order chi connectivity index (χ1) is 16.4. The summed E-state index contributed by atoms with van der Waals surface area (Å²) in [7, 11) is -3.90. The number of benzene rings is 4. The molecule has 0 aliphatic rings. The number of nitrogens with zero attached hydrogens (tertiary/aromatic N) is 2. The van der Waals surface area contributed by atoms with Crippen LogP contribution in [0.25, 0.3) is 10.8 Å². The fourth-order valence-corrected chi connectivity index (χ4v) is 4.99. The van der Waals surface area contributed by atoms with Gasteiger partial charge in [0.2, 0.25) is 10.0 Å². The predicted molar refractivity (Wildman–Crippen MR) is 135 cm³/mol. The van der Waals surface area contributed by atoms with E-state index in [-0.39, 0.29) is 18.0 Å². The molecule has 0 aromatic heterocycles. The lowest BCUT2D eigenvalue weighted by Gasteiger charge is -2.21. The van der Waals surface area contributed by atoms with Crippen molar-refractivity contribution in [3.63, 3.8) is 0 Å². The quantitative estimate of drug-likeness (QED) is 0.304. The topological polar surface area (TPSA) is 78.8 Å². The van der Waals surface area contributed by atoms with E-state index in [1.54, 1.807) is 30.5 Å². The second-order valence-electron chi connectivity index (χ2n) is 7.93. The maximum Gasteiger partial charge on any atom is 0.255 e. The summed E-state index contributed by atoms with van der Waals surface area (Å²) in [4.78, 5) is 12.8. The first-order valence-corrected chi connectivity index (χ1v) is 12.3. The lowest BCUT2D eigenvalue weighted by Crippen LogP contribution is -2.39. The van der Waals surface area contributed by atoms with E-state index < -0.39 is 15.9 Å². The van der Waals surface area contributed by atoms with Crippen LogP contribution >= 0.6 is 0 Å². The normalized spacial score (nSPS) is 11.8. The Morgan fingerprint density at radius 2 is 1.56 bits per heavy atom. The van der Waals surface area contributed by atoms with Gasteiger partial charge in [0.15, 0.2) is 0 Å². The molecule has 0 heterocycles. The highest BCUT2D eigenvalue weighted by Gasteiger charge is 2.26. The zero-order valence-electron chi connectivity index (χ0n) is 18.8. The van der Waals surface area contributed by atoms with Crippen LogP contribution in [0.2, 0.25) is 0 Å². The number of carbonyl (C=O) groups is 1. The second kappa shape index (κ2) is 10.4. The van der Waals surface area contributed by atoms with Crippen molar-refractivity contribution in [2.45, 2.75) is 18.4 Å². The maximum atomic E-state index is 13.3. The lowest BCUT2D eigenvalue weighted by atomic mass is 10.1. The van der Waals surface area contributed by atoms with E-state index in [9.17, 15) is 13.2 Å². The fraction of sp³-hybridized carbons (Fsp3) is 0.111. The molecule has 1 N–H and O–H groups in total. The van der Waals surface area contributed by atoms with Gasteiger partial charge in [0.25, 0.3) is 5.91 Å². The van der Waals surface area contributed by atoms with Crippen LogP contribution in [-0.2, 0) is 21.4 Å². The van der Waals surface area contributed by atoms with Gasteiger partial charge < -0.3 is 0 Å². The standard InChI is InChI=1S/C27H25N3O3S/c1-21-14-16-25(17-15-21)34(32,33)30(19-22-8-3-2-4-9-22)20-27(31)29-28-18-24-12-7-11-23-10-5-6-13-26(23)24/h2-18H,19-20H2,1H3,(H,29,31)/b28-18-. The molecule has 7 heteroatoms. The minimum Gasteiger partial charge on any atom is -0.272 e. The Bertz CT molecular complexity index is 1410. The first-order valence-electron chi connectivity index (χ1n) is 10.8. The molecule has 0 aliphatic carbocycles. The number of hydrogen-bond donors (Lipinski definition) is 1. The third kappa shape index (κ3) is 5.57. The number of carbonyl (C=O) groups excluding carboxylic acids is 1. The molecule has 172 valence electrons. The number of sulfonamides is 1. The van der Waals surface area contributed by atoms with E-state index in [0.29, 0.717) is 0 Å². The molecule has 0 aliphatic heterocycles. The maximum absolute atomic E-state index is 13.3. The molecule has 0 spiro atoms. The fourth-order valence-electron chi connectivity index (χ4n) is 3.60. The molecule has 0 unspecified atom stereocenters. The van der Waals surface area contributed by atoms with E-state index >= 15 is 0 Å². The van der Waals surface area contributed by atoms with Crippen LogP contribution < -0.4 is 5.43 Å². The zero-order valence-corrected chi connectivity index (χ0v) is 19.6. The number of nitrogens with one attached hydrogen (secondary N) is 1. The molecular weight excluding hydrogens is 446 g/mol. The van der Waals surface area contributed by atoms with Crippen LogP contribution in [0.3, 0.4) is 0 Å². The van der Waals surface area contributed by atoms with E-state index in [2.05, 4.69) is 10.5 Å². The minimum absolute atomic E-state index is 0.0670. The van der Waals surface area contributed by atoms with E-state index in [1.807, 2.05) is 79.7 Å². The third-order valence-corrected chi connectivity index (χ3v) is 7.20. The SMILES string of the molecule is Cc1ccc(S(=O)(=O)N(CC(=O)N/N=C\c2cccc3ccccc23)Cc2ccccc2)cc1. The molecule has 0 saturated carbocycles. The van der Waals surface area contributed by atoms with Crippen LogP contribution in [0.1, 0.15) is 16.7 Å². The van der Waals surface area contributed by atoms with Gasteiger partial charge >= 0.3 is 0 Å². The van der Waals surface area contributed by atoms with Crippen LogP contribution in [0, 0.1) is 6.92 Å². The molecule has 4 aromatic carbocycles. The Balaban J connectivity index is 1.53. The molecule has 0 fully saturated rings. The molecule has 0 saturated heterocycles. The molecule has 4 aromatic rings. The van der Waals surface area contributed by atoms with Gasteiger partial charge in [0, 0.05) is 12.1 Å². The van der Waals surface area contributed by atoms with Crippen molar-refractivity contribution in [1.29, 1.82) is 0 Å². The monoisotopic (exact) mass is 471 g/mol. The summed E-state index contributed by atoms with van der Waals surface area (Å²) < 4.78 is 27.8. The average molecular weight is 472 g/mol. The predicted octanol–water partition coefficient (Wildman–Crippen LogP) is 4.49. The summed E-state index contributed by atoms with van der Waals surface area (Å²) in [6, 6.07) is 29.5. The highest BCUT2D eigenvalue weighted by Crippen LogP contribution is 2.19. The van der Waals surface area contributed by atoms with Gasteiger partial charge in [0.05, 0.1) is 17.7 Å². The molecule has 0 atom stereocenters. The Labute approximate surface area is 199 Å². The molecule has 0 bridgehead atoms. The summed E-state index contributed by atoms with van der Waals surface area (Å²) in [5.74, 6) is -0.525. The van der Waals surface area contributed by atoms with Crippen molar-refractivity contribution in [3.05, 3.63) is 114 Å². The molecular formula is C27H25N3O3S. The lowest BCUT2D eigenvalue weighted by molar-refractivity contribution is -0.121.